The van der Waals surface area contributed by atoms with Crippen molar-refractivity contribution in [3.05, 3.63) is 34.3 Å². The van der Waals surface area contributed by atoms with Crippen LogP contribution in [0.4, 0.5) is 4.79 Å². The lowest BCUT2D eigenvalue weighted by atomic mass is 9.99. The van der Waals surface area contributed by atoms with Crippen molar-refractivity contribution in [3.63, 3.8) is 0 Å². The number of imide groups is 1. The van der Waals surface area contributed by atoms with Crippen molar-refractivity contribution in [2.45, 2.75) is 18.9 Å². The van der Waals surface area contributed by atoms with E-state index in [1.165, 1.54) is 0 Å². The van der Waals surface area contributed by atoms with Gasteiger partial charge in [-0.3, -0.25) is 14.9 Å². The van der Waals surface area contributed by atoms with E-state index in [1.807, 2.05) is 6.92 Å². The molecule has 21 heavy (non-hydrogen) atoms. The minimum Gasteiger partial charge on any atom is -0.336 e. The molecule has 1 atom stereocenters. The molecule has 110 valence electrons. The topological polar surface area (TPSA) is 78.5 Å². The number of hydrogen-bond donors (Lipinski definition) is 2. The SMILES string of the molecule is Cc1cc(Cl)cc(C(=O)N2CCC3(C2)NC(=O)NC3=O)c1. The van der Waals surface area contributed by atoms with Gasteiger partial charge in [-0.05, 0) is 37.1 Å². The monoisotopic (exact) mass is 307 g/mol. The maximum Gasteiger partial charge on any atom is 0.322 e. The van der Waals surface area contributed by atoms with E-state index in [0.29, 0.717) is 23.6 Å². The molecule has 1 spiro atoms. The minimum absolute atomic E-state index is 0.176. The molecular formula is C14H14ClN3O3. The van der Waals surface area contributed by atoms with Crippen LogP contribution in [0.3, 0.4) is 0 Å². The van der Waals surface area contributed by atoms with E-state index in [1.54, 1.807) is 23.1 Å². The van der Waals surface area contributed by atoms with Crippen LogP contribution in [-0.2, 0) is 4.79 Å². The van der Waals surface area contributed by atoms with Crippen molar-refractivity contribution < 1.29 is 14.4 Å². The van der Waals surface area contributed by atoms with Gasteiger partial charge in [0, 0.05) is 17.1 Å². The Bertz CT molecular complexity index is 641. The largest absolute Gasteiger partial charge is 0.336 e. The van der Waals surface area contributed by atoms with Gasteiger partial charge in [0.2, 0.25) is 0 Å². The molecule has 2 N–H and O–H groups in total. The van der Waals surface area contributed by atoms with E-state index >= 15 is 0 Å². The third kappa shape index (κ3) is 2.35. The zero-order chi connectivity index (χ0) is 15.2. The molecule has 0 aromatic heterocycles. The molecule has 1 unspecified atom stereocenters. The first-order chi connectivity index (χ1) is 9.89. The number of halogens is 1. The third-order valence-electron chi connectivity index (χ3n) is 3.86. The summed E-state index contributed by atoms with van der Waals surface area (Å²) in [5, 5.41) is 5.34. The molecule has 6 nitrogen and oxygen atoms in total. The highest BCUT2D eigenvalue weighted by molar-refractivity contribution is 6.31. The standard InChI is InChI=1S/C14H14ClN3O3/c1-8-4-9(6-10(15)5-8)11(19)18-3-2-14(7-18)12(20)16-13(21)17-14/h4-6H,2-3,7H2,1H3,(H2,16,17,20,21). The van der Waals surface area contributed by atoms with Crippen LogP contribution in [0.5, 0.6) is 0 Å². The lowest BCUT2D eigenvalue weighted by Crippen LogP contribution is -2.49. The number of carbonyl (C=O) groups is 3. The van der Waals surface area contributed by atoms with Gasteiger partial charge in [-0.2, -0.15) is 0 Å². The number of amides is 4. The van der Waals surface area contributed by atoms with E-state index in [9.17, 15) is 14.4 Å². The van der Waals surface area contributed by atoms with Gasteiger partial charge in [-0.25, -0.2) is 4.79 Å². The maximum absolute atomic E-state index is 12.5. The highest BCUT2D eigenvalue weighted by atomic mass is 35.5. The molecule has 4 amide bonds. The number of rotatable bonds is 1. The molecule has 0 saturated carbocycles. The zero-order valence-corrected chi connectivity index (χ0v) is 12.2. The summed E-state index contributed by atoms with van der Waals surface area (Å²) in [4.78, 5) is 37.2. The van der Waals surface area contributed by atoms with Gasteiger partial charge in [0.1, 0.15) is 5.54 Å². The Labute approximate surface area is 126 Å². The van der Waals surface area contributed by atoms with E-state index < -0.39 is 11.6 Å². The first-order valence-corrected chi connectivity index (χ1v) is 6.97. The Hall–Kier alpha value is -2.08. The molecule has 0 radical (unpaired) electrons. The molecule has 0 bridgehead atoms. The van der Waals surface area contributed by atoms with Crippen molar-refractivity contribution in [2.24, 2.45) is 0 Å². The Morgan fingerprint density at radius 2 is 2.10 bits per heavy atom. The van der Waals surface area contributed by atoms with Crippen molar-refractivity contribution >= 4 is 29.4 Å². The average molecular weight is 308 g/mol. The van der Waals surface area contributed by atoms with Gasteiger partial charge < -0.3 is 10.2 Å². The van der Waals surface area contributed by atoms with Crippen LogP contribution in [0.25, 0.3) is 0 Å². The van der Waals surface area contributed by atoms with Gasteiger partial charge in [0.15, 0.2) is 0 Å². The minimum atomic E-state index is -0.986. The molecule has 1 aromatic carbocycles. The Kier molecular flexibility index (Phi) is 3.13. The summed E-state index contributed by atoms with van der Waals surface area (Å²) in [6.45, 7) is 2.45. The summed E-state index contributed by atoms with van der Waals surface area (Å²) < 4.78 is 0. The fourth-order valence-electron chi connectivity index (χ4n) is 2.84. The van der Waals surface area contributed by atoms with Crippen LogP contribution in [-0.4, -0.2) is 41.4 Å². The normalized spacial score (nSPS) is 24.4. The highest BCUT2D eigenvalue weighted by Crippen LogP contribution is 2.26. The van der Waals surface area contributed by atoms with Gasteiger partial charge in [0.05, 0.1) is 6.54 Å². The van der Waals surface area contributed by atoms with Crippen molar-refractivity contribution in [1.82, 2.24) is 15.5 Å². The summed E-state index contributed by atoms with van der Waals surface area (Å²) in [5.41, 5.74) is 0.397. The number of nitrogens with zero attached hydrogens (tertiary/aromatic N) is 1. The number of benzene rings is 1. The van der Waals surface area contributed by atoms with Gasteiger partial charge in [-0.15, -0.1) is 0 Å². The summed E-state index contributed by atoms with van der Waals surface area (Å²) >= 11 is 5.97. The molecule has 2 fully saturated rings. The second-order valence-electron chi connectivity index (χ2n) is 5.48. The molecule has 2 aliphatic rings. The van der Waals surface area contributed by atoms with Gasteiger partial charge in [0.25, 0.3) is 11.8 Å². The highest BCUT2D eigenvalue weighted by Gasteiger charge is 2.51. The van der Waals surface area contributed by atoms with Crippen LogP contribution in [0.15, 0.2) is 18.2 Å². The van der Waals surface area contributed by atoms with Crippen LogP contribution in [0, 0.1) is 6.92 Å². The lowest BCUT2D eigenvalue weighted by Gasteiger charge is -2.21. The number of aryl methyl sites for hydroxylation is 1. The van der Waals surface area contributed by atoms with E-state index in [4.69, 9.17) is 11.6 Å². The predicted octanol–water partition coefficient (Wildman–Crippen LogP) is 1.07. The van der Waals surface area contributed by atoms with Crippen LogP contribution < -0.4 is 10.6 Å². The summed E-state index contributed by atoms with van der Waals surface area (Å²) in [5.74, 6) is -0.559. The molecule has 3 rings (SSSR count). The lowest BCUT2D eigenvalue weighted by molar-refractivity contribution is -0.123. The Balaban J connectivity index is 1.81. The summed E-state index contributed by atoms with van der Waals surface area (Å²) in [7, 11) is 0. The Morgan fingerprint density at radius 1 is 1.33 bits per heavy atom. The number of nitrogens with one attached hydrogen (secondary N) is 2. The van der Waals surface area contributed by atoms with Crippen LogP contribution in [0.1, 0.15) is 22.3 Å². The first kappa shape index (κ1) is 13.9. The zero-order valence-electron chi connectivity index (χ0n) is 11.4. The molecular weight excluding hydrogens is 294 g/mol. The van der Waals surface area contributed by atoms with Gasteiger partial charge in [-0.1, -0.05) is 11.6 Å². The average Bonchev–Trinajstić information content (AvgIpc) is 2.93. The second kappa shape index (κ2) is 4.73. The van der Waals surface area contributed by atoms with Gasteiger partial charge >= 0.3 is 6.03 Å². The van der Waals surface area contributed by atoms with Crippen LogP contribution >= 0.6 is 11.6 Å². The molecule has 2 aliphatic heterocycles. The van der Waals surface area contributed by atoms with Crippen LogP contribution in [0.2, 0.25) is 5.02 Å². The summed E-state index contributed by atoms with van der Waals surface area (Å²) in [6.07, 6.45) is 0.413. The molecule has 1 aromatic rings. The maximum atomic E-state index is 12.5. The third-order valence-corrected chi connectivity index (χ3v) is 4.08. The summed E-state index contributed by atoms with van der Waals surface area (Å²) in [6, 6.07) is 4.63. The first-order valence-electron chi connectivity index (χ1n) is 6.60. The predicted molar refractivity (Wildman–Crippen MR) is 76.1 cm³/mol. The number of carbonyl (C=O) groups excluding carboxylic acids is 3. The Morgan fingerprint density at radius 3 is 2.71 bits per heavy atom. The van der Waals surface area contributed by atoms with E-state index in [0.717, 1.165) is 5.56 Å². The molecule has 7 heteroatoms. The molecule has 2 heterocycles. The van der Waals surface area contributed by atoms with Crippen molar-refractivity contribution in [3.8, 4) is 0 Å². The quantitative estimate of drug-likeness (QED) is 0.762. The fraction of sp³-hybridized carbons (Fsp3) is 0.357. The van der Waals surface area contributed by atoms with E-state index in [2.05, 4.69) is 10.6 Å². The number of urea groups is 1. The molecule has 2 saturated heterocycles. The fourth-order valence-corrected chi connectivity index (χ4v) is 3.13. The van der Waals surface area contributed by atoms with Crippen molar-refractivity contribution in [2.75, 3.05) is 13.1 Å². The van der Waals surface area contributed by atoms with E-state index in [-0.39, 0.29) is 18.4 Å². The molecule has 0 aliphatic carbocycles. The van der Waals surface area contributed by atoms with Crippen molar-refractivity contribution in [1.29, 1.82) is 0 Å². The number of hydrogen-bond acceptors (Lipinski definition) is 3. The smallest absolute Gasteiger partial charge is 0.322 e. The second-order valence-corrected chi connectivity index (χ2v) is 5.92. The number of likely N-dealkylation sites (tertiary alicyclic amines) is 1.